The number of benzene rings is 2. The molecule has 1 atom stereocenters. The van der Waals surface area contributed by atoms with Crippen molar-refractivity contribution in [3.63, 3.8) is 0 Å². The highest BCUT2D eigenvalue weighted by Gasteiger charge is 2.23. The number of β-amino-alcohol motifs (C(OH)–C–C–N with tert-alkyl or cyclic N) is 1. The summed E-state index contributed by atoms with van der Waals surface area (Å²) < 4.78 is 6.61. The molecule has 40 heavy (non-hydrogen) atoms. The van der Waals surface area contributed by atoms with Gasteiger partial charge in [0, 0.05) is 49.6 Å². The summed E-state index contributed by atoms with van der Waals surface area (Å²) in [6.07, 6.45) is 3.41. The predicted octanol–water partition coefficient (Wildman–Crippen LogP) is 4.04. The largest absolute Gasteiger partial charge is 0.480 e. The summed E-state index contributed by atoms with van der Waals surface area (Å²) in [6.45, 7) is 1.88. The predicted molar refractivity (Wildman–Crippen MR) is 153 cm³/mol. The Morgan fingerprint density at radius 2 is 1.85 bits per heavy atom. The second-order valence-corrected chi connectivity index (χ2v) is 10.1. The lowest BCUT2D eigenvalue weighted by molar-refractivity contribution is 0.102. The minimum Gasteiger partial charge on any atom is -0.480 e. The van der Waals surface area contributed by atoms with Gasteiger partial charge in [-0.2, -0.15) is 5.10 Å². The van der Waals surface area contributed by atoms with Crippen molar-refractivity contribution in [2.24, 2.45) is 7.05 Å². The zero-order valence-electron chi connectivity index (χ0n) is 21.8. The Morgan fingerprint density at radius 3 is 2.58 bits per heavy atom. The molecule has 12 heteroatoms. The second kappa shape index (κ2) is 11.7. The number of rotatable bonds is 7. The van der Waals surface area contributed by atoms with Crippen LogP contribution in [0.4, 0.5) is 5.69 Å². The molecule has 10 nitrogen and oxygen atoms in total. The Bertz CT molecular complexity index is 1640. The van der Waals surface area contributed by atoms with Crippen molar-refractivity contribution >= 4 is 34.8 Å². The van der Waals surface area contributed by atoms with Gasteiger partial charge in [0.1, 0.15) is 11.3 Å². The van der Waals surface area contributed by atoms with Crippen LogP contribution >= 0.6 is 23.2 Å². The highest BCUT2D eigenvalue weighted by Crippen LogP contribution is 2.41. The average Bonchev–Trinajstić information content (AvgIpc) is 3.36. The number of carbonyl (C=O) groups excluding carboxylic acids is 1. The fraction of sp³-hybridized carbons (Fsp3) is 0.250. The molecule has 0 radical (unpaired) electrons. The number of ether oxygens (including phenoxy) is 1. The molecule has 1 aliphatic heterocycles. The Hall–Kier alpha value is -3.83. The molecule has 5 rings (SSSR count). The molecule has 3 heterocycles. The Kier molecular flexibility index (Phi) is 8.13. The number of amides is 1. The number of aromatic nitrogens is 4. The number of hydrogen-bond donors (Lipinski definition) is 2. The van der Waals surface area contributed by atoms with E-state index in [1.807, 2.05) is 18.2 Å². The third-order valence-corrected chi connectivity index (χ3v) is 7.50. The topological polar surface area (TPSA) is 122 Å². The van der Waals surface area contributed by atoms with Crippen molar-refractivity contribution in [2.75, 3.05) is 25.5 Å². The van der Waals surface area contributed by atoms with Crippen LogP contribution in [0.15, 0.2) is 59.7 Å². The Morgan fingerprint density at radius 1 is 1.12 bits per heavy atom. The van der Waals surface area contributed by atoms with E-state index in [0.29, 0.717) is 57.8 Å². The van der Waals surface area contributed by atoms with E-state index in [-0.39, 0.29) is 16.7 Å². The highest BCUT2D eigenvalue weighted by atomic mass is 35.5. The summed E-state index contributed by atoms with van der Waals surface area (Å²) in [6, 6.07) is 12.0. The number of aryl methyl sites for hydroxylation is 1. The lowest BCUT2D eigenvalue weighted by atomic mass is 10.0. The number of hydrogen-bond acceptors (Lipinski definition) is 8. The van der Waals surface area contributed by atoms with E-state index in [1.54, 1.807) is 24.4 Å². The number of halogens is 2. The van der Waals surface area contributed by atoms with Gasteiger partial charge in [0.15, 0.2) is 0 Å². The van der Waals surface area contributed by atoms with Crippen LogP contribution in [0.5, 0.6) is 5.88 Å². The molecule has 1 amide bonds. The molecule has 206 valence electrons. The van der Waals surface area contributed by atoms with Gasteiger partial charge in [-0.1, -0.05) is 53.5 Å². The fourth-order valence-corrected chi connectivity index (χ4v) is 5.21. The van der Waals surface area contributed by atoms with E-state index in [4.69, 9.17) is 27.9 Å². The molecule has 0 bridgehead atoms. The Labute approximate surface area is 240 Å². The molecule has 2 aromatic carbocycles. The monoisotopic (exact) mass is 580 g/mol. The average molecular weight is 581 g/mol. The first kappa shape index (κ1) is 27.7. The lowest BCUT2D eigenvalue weighted by Crippen LogP contribution is -2.28. The maximum absolute atomic E-state index is 12.8. The van der Waals surface area contributed by atoms with Gasteiger partial charge in [-0.15, -0.1) is 0 Å². The molecule has 0 saturated carbocycles. The summed E-state index contributed by atoms with van der Waals surface area (Å²) in [4.78, 5) is 36.5. The van der Waals surface area contributed by atoms with Crippen molar-refractivity contribution in [3.8, 4) is 28.3 Å². The molecule has 2 N–H and O–H groups in total. The fourth-order valence-electron chi connectivity index (χ4n) is 4.61. The van der Waals surface area contributed by atoms with Crippen LogP contribution < -0.4 is 15.6 Å². The number of likely N-dealkylation sites (tertiary alicyclic amines) is 1. The second-order valence-electron chi connectivity index (χ2n) is 9.35. The van der Waals surface area contributed by atoms with Gasteiger partial charge < -0.3 is 15.2 Å². The van der Waals surface area contributed by atoms with Gasteiger partial charge in [-0.3, -0.25) is 19.5 Å². The molecule has 1 aliphatic rings. The normalized spacial score (nSPS) is 15.3. The minimum absolute atomic E-state index is 0.0594. The molecule has 0 aliphatic carbocycles. The van der Waals surface area contributed by atoms with E-state index in [9.17, 15) is 14.7 Å². The van der Waals surface area contributed by atoms with E-state index in [2.05, 4.69) is 25.3 Å². The number of aliphatic hydroxyl groups is 1. The van der Waals surface area contributed by atoms with E-state index in [0.717, 1.165) is 17.6 Å². The SMILES string of the molecule is COc1nc(-c2cccc(-c3cccc(NC(=O)c4ccnn(C)c4=O)c3Cl)c2Cl)cnc1CN1CC[C@H](O)C1. The molecule has 4 aromatic rings. The van der Waals surface area contributed by atoms with Crippen LogP contribution in [-0.2, 0) is 13.6 Å². The number of carbonyl (C=O) groups is 1. The maximum atomic E-state index is 12.8. The quantitative estimate of drug-likeness (QED) is 0.336. The van der Waals surface area contributed by atoms with Crippen LogP contribution in [0.25, 0.3) is 22.4 Å². The van der Waals surface area contributed by atoms with Crippen LogP contribution in [0.1, 0.15) is 22.5 Å². The van der Waals surface area contributed by atoms with Crippen molar-refractivity contribution in [1.82, 2.24) is 24.6 Å². The van der Waals surface area contributed by atoms with Crippen molar-refractivity contribution in [2.45, 2.75) is 19.1 Å². The molecule has 0 unspecified atom stereocenters. The van der Waals surface area contributed by atoms with E-state index in [1.165, 1.54) is 26.4 Å². The number of nitrogens with zero attached hydrogens (tertiary/aromatic N) is 5. The van der Waals surface area contributed by atoms with Gasteiger partial charge in [-0.25, -0.2) is 9.67 Å². The number of methoxy groups -OCH3 is 1. The van der Waals surface area contributed by atoms with Crippen molar-refractivity contribution in [3.05, 3.63) is 86.5 Å². The van der Waals surface area contributed by atoms with Gasteiger partial charge in [0.25, 0.3) is 11.5 Å². The molecular weight excluding hydrogens is 555 g/mol. The Balaban J connectivity index is 1.45. The zero-order valence-corrected chi connectivity index (χ0v) is 23.3. The van der Waals surface area contributed by atoms with Gasteiger partial charge >= 0.3 is 0 Å². The highest BCUT2D eigenvalue weighted by molar-refractivity contribution is 6.39. The summed E-state index contributed by atoms with van der Waals surface area (Å²) in [5.41, 5.74) is 2.75. The van der Waals surface area contributed by atoms with E-state index < -0.39 is 11.5 Å². The molecular formula is C28H26Cl2N6O4. The first-order valence-electron chi connectivity index (χ1n) is 12.5. The first-order chi connectivity index (χ1) is 19.3. The van der Waals surface area contributed by atoms with Gasteiger partial charge in [0.05, 0.1) is 40.8 Å². The summed E-state index contributed by atoms with van der Waals surface area (Å²) >= 11 is 13.6. The summed E-state index contributed by atoms with van der Waals surface area (Å²) in [7, 11) is 3.00. The van der Waals surface area contributed by atoms with Crippen molar-refractivity contribution in [1.29, 1.82) is 0 Å². The first-order valence-corrected chi connectivity index (χ1v) is 13.2. The van der Waals surface area contributed by atoms with Crippen LogP contribution in [0.3, 0.4) is 0 Å². The third kappa shape index (κ3) is 5.57. The molecule has 1 fully saturated rings. The van der Waals surface area contributed by atoms with Crippen LogP contribution in [-0.4, -0.2) is 62.0 Å². The van der Waals surface area contributed by atoms with Gasteiger partial charge in [0.2, 0.25) is 5.88 Å². The number of aliphatic hydroxyl groups excluding tert-OH is 1. The number of nitrogens with one attached hydrogen (secondary N) is 1. The molecule has 0 spiro atoms. The summed E-state index contributed by atoms with van der Waals surface area (Å²) in [5, 5.41) is 17.0. The van der Waals surface area contributed by atoms with Crippen LogP contribution in [0, 0.1) is 0 Å². The lowest BCUT2D eigenvalue weighted by Gasteiger charge is -2.17. The molecule has 2 aromatic heterocycles. The van der Waals surface area contributed by atoms with Crippen LogP contribution in [0.2, 0.25) is 10.0 Å². The number of anilines is 1. The maximum Gasteiger partial charge on any atom is 0.279 e. The van der Waals surface area contributed by atoms with Crippen molar-refractivity contribution < 1.29 is 14.6 Å². The molecule has 1 saturated heterocycles. The minimum atomic E-state index is -0.604. The van der Waals surface area contributed by atoms with Gasteiger partial charge in [-0.05, 0) is 18.6 Å². The third-order valence-electron chi connectivity index (χ3n) is 6.69. The standard InChI is InChI=1S/C28H26Cl2N6O4/c1-35-28(39)20(9-11-32-35)26(38)33-21-8-4-6-18(25(21)30)17-5-3-7-19(24(17)29)22-13-31-23(27(34-22)40-2)15-36-12-10-16(37)14-36/h3-9,11,13,16,37H,10,12,14-15H2,1-2H3,(H,33,38)/t16-/m0/s1. The van der Waals surface area contributed by atoms with E-state index >= 15 is 0 Å². The summed E-state index contributed by atoms with van der Waals surface area (Å²) in [5.74, 6) is -0.224. The smallest absolute Gasteiger partial charge is 0.279 e. The zero-order chi connectivity index (χ0) is 28.4.